The number of alkyl halides is 3. The summed E-state index contributed by atoms with van der Waals surface area (Å²) in [6.07, 6.45) is -2.79. The second-order valence-corrected chi connectivity index (χ2v) is 8.86. The molecule has 144 valence electrons. The second-order valence-electron chi connectivity index (χ2n) is 6.96. The van der Waals surface area contributed by atoms with E-state index >= 15 is 0 Å². The first-order valence-corrected chi connectivity index (χ1v) is 10.4. The van der Waals surface area contributed by atoms with Crippen molar-refractivity contribution in [1.82, 2.24) is 0 Å². The Morgan fingerprint density at radius 3 is 2.48 bits per heavy atom. The molecule has 0 unspecified atom stereocenters. The van der Waals surface area contributed by atoms with Gasteiger partial charge in [0.25, 0.3) is 0 Å². The maximum absolute atomic E-state index is 13.2. The van der Waals surface area contributed by atoms with Gasteiger partial charge in [-0.05, 0) is 36.6 Å². The Labute approximate surface area is 156 Å². The summed E-state index contributed by atoms with van der Waals surface area (Å²) in [7, 11) is -3.81. The van der Waals surface area contributed by atoms with Gasteiger partial charge in [0.05, 0.1) is 29.2 Å². The van der Waals surface area contributed by atoms with Gasteiger partial charge in [-0.1, -0.05) is 30.3 Å². The van der Waals surface area contributed by atoms with Crippen LogP contribution < -0.4 is 9.21 Å². The highest BCUT2D eigenvalue weighted by molar-refractivity contribution is 7.92. The predicted molar refractivity (Wildman–Crippen MR) is 98.2 cm³/mol. The fraction of sp³-hybridized carbons (Fsp3) is 0.368. The second kappa shape index (κ2) is 6.44. The molecule has 1 saturated heterocycles. The van der Waals surface area contributed by atoms with Gasteiger partial charge in [0.1, 0.15) is 0 Å². The minimum atomic E-state index is -4.52. The average Bonchev–Trinajstić information content (AvgIpc) is 3.09. The number of nitrogens with zero attached hydrogens (tertiary/aromatic N) is 2. The van der Waals surface area contributed by atoms with Crippen molar-refractivity contribution in [3.8, 4) is 0 Å². The van der Waals surface area contributed by atoms with Crippen molar-refractivity contribution in [3.05, 3.63) is 59.7 Å². The van der Waals surface area contributed by atoms with E-state index in [1.807, 2.05) is 4.90 Å². The first-order chi connectivity index (χ1) is 12.8. The zero-order chi connectivity index (χ0) is 19.2. The summed E-state index contributed by atoms with van der Waals surface area (Å²) in [6.45, 7) is 0.916. The van der Waals surface area contributed by atoms with Crippen molar-refractivity contribution >= 4 is 21.4 Å². The normalized spacial score (nSPS) is 19.7. The van der Waals surface area contributed by atoms with Crippen molar-refractivity contribution < 1.29 is 21.6 Å². The summed E-state index contributed by atoms with van der Waals surface area (Å²) >= 11 is 0. The quantitative estimate of drug-likeness (QED) is 0.787. The van der Waals surface area contributed by atoms with E-state index in [-0.39, 0.29) is 24.0 Å². The number of fused-ring (bicyclic) bond motifs is 3. The van der Waals surface area contributed by atoms with Crippen LogP contribution in [0.15, 0.2) is 48.5 Å². The molecule has 0 bridgehead atoms. The number of halogens is 3. The fourth-order valence-corrected chi connectivity index (χ4v) is 5.52. The van der Waals surface area contributed by atoms with Gasteiger partial charge in [0, 0.05) is 12.6 Å². The lowest BCUT2D eigenvalue weighted by Crippen LogP contribution is -2.48. The van der Waals surface area contributed by atoms with E-state index in [2.05, 4.69) is 0 Å². The van der Waals surface area contributed by atoms with Gasteiger partial charge in [0.2, 0.25) is 10.0 Å². The highest BCUT2D eigenvalue weighted by Gasteiger charge is 2.40. The lowest BCUT2D eigenvalue weighted by Gasteiger charge is -2.40. The van der Waals surface area contributed by atoms with E-state index in [4.69, 9.17) is 0 Å². The van der Waals surface area contributed by atoms with E-state index in [9.17, 15) is 21.6 Å². The molecule has 27 heavy (non-hydrogen) atoms. The first-order valence-electron chi connectivity index (χ1n) is 8.78. The molecule has 0 spiro atoms. The zero-order valence-corrected chi connectivity index (χ0v) is 15.3. The summed E-state index contributed by atoms with van der Waals surface area (Å²) in [4.78, 5) is 2.03. The van der Waals surface area contributed by atoms with Gasteiger partial charge >= 0.3 is 6.18 Å². The van der Waals surface area contributed by atoms with Gasteiger partial charge in [-0.3, -0.25) is 4.31 Å². The first kappa shape index (κ1) is 18.2. The van der Waals surface area contributed by atoms with E-state index in [0.717, 1.165) is 31.5 Å². The van der Waals surface area contributed by atoms with Crippen molar-refractivity contribution in [3.63, 3.8) is 0 Å². The minimum Gasteiger partial charge on any atom is -0.365 e. The molecule has 0 amide bonds. The van der Waals surface area contributed by atoms with E-state index in [0.29, 0.717) is 11.3 Å². The molecule has 0 radical (unpaired) electrons. The molecule has 0 N–H and O–H groups in total. The number of rotatable bonds is 3. The number of anilines is 2. The standard InChI is InChI=1S/C19H19F3N2O2S/c20-19(21,22)15-8-9-17-18(11-15)24(12-16-7-4-10-23(16)17)27(25,26)13-14-5-2-1-3-6-14/h1-3,5-6,8-9,11,16H,4,7,10,12-13H2/t16-/m0/s1. The number of benzene rings is 2. The van der Waals surface area contributed by atoms with Crippen LogP contribution in [0.4, 0.5) is 24.5 Å². The molecule has 2 aliphatic rings. The molecule has 4 nitrogen and oxygen atoms in total. The Kier molecular flexibility index (Phi) is 4.33. The van der Waals surface area contributed by atoms with Crippen molar-refractivity contribution in [2.24, 2.45) is 0 Å². The lowest BCUT2D eigenvalue weighted by atomic mass is 10.1. The van der Waals surface area contributed by atoms with Gasteiger partial charge in [-0.2, -0.15) is 13.2 Å². The Balaban J connectivity index is 1.78. The SMILES string of the molecule is O=S(=O)(Cc1ccccc1)N1C[C@@H]2CCCN2c2ccc(C(F)(F)F)cc21. The molecule has 0 aliphatic carbocycles. The third kappa shape index (κ3) is 3.38. The number of hydrogen-bond acceptors (Lipinski definition) is 3. The third-order valence-corrected chi connectivity index (χ3v) is 6.88. The smallest absolute Gasteiger partial charge is 0.365 e. The van der Waals surface area contributed by atoms with E-state index in [1.165, 1.54) is 10.4 Å². The van der Waals surface area contributed by atoms with Crippen LogP contribution >= 0.6 is 0 Å². The summed E-state index contributed by atoms with van der Waals surface area (Å²) < 4.78 is 67.0. The van der Waals surface area contributed by atoms with Crippen molar-refractivity contribution in [1.29, 1.82) is 0 Å². The summed E-state index contributed by atoms with van der Waals surface area (Å²) in [5.74, 6) is -0.240. The van der Waals surface area contributed by atoms with Crippen LogP contribution in [0, 0.1) is 0 Å². The summed E-state index contributed by atoms with van der Waals surface area (Å²) in [6, 6.07) is 12.1. The van der Waals surface area contributed by atoms with Gasteiger partial charge in [-0.25, -0.2) is 8.42 Å². The van der Waals surface area contributed by atoms with E-state index in [1.54, 1.807) is 30.3 Å². The number of hydrogen-bond donors (Lipinski definition) is 0. The maximum Gasteiger partial charge on any atom is 0.416 e. The molecule has 0 saturated carbocycles. The molecule has 2 heterocycles. The molecule has 0 aromatic heterocycles. The van der Waals surface area contributed by atoms with Crippen LogP contribution in [-0.4, -0.2) is 27.5 Å². The Bertz CT molecular complexity index is 945. The monoisotopic (exact) mass is 396 g/mol. The van der Waals surface area contributed by atoms with Gasteiger partial charge in [0.15, 0.2) is 0 Å². The molecule has 1 fully saturated rings. The fourth-order valence-electron chi connectivity index (χ4n) is 3.90. The maximum atomic E-state index is 13.2. The van der Waals surface area contributed by atoms with E-state index < -0.39 is 21.8 Å². The molecule has 4 rings (SSSR count). The zero-order valence-electron chi connectivity index (χ0n) is 14.5. The van der Waals surface area contributed by atoms with Crippen LogP contribution in [0.5, 0.6) is 0 Å². The lowest BCUT2D eigenvalue weighted by molar-refractivity contribution is -0.137. The van der Waals surface area contributed by atoms with Crippen molar-refractivity contribution in [2.45, 2.75) is 30.8 Å². The number of sulfonamides is 1. The molecular formula is C19H19F3N2O2S. The molecule has 8 heteroatoms. The van der Waals surface area contributed by atoms with Gasteiger partial charge in [-0.15, -0.1) is 0 Å². The summed E-state index contributed by atoms with van der Waals surface area (Å²) in [5, 5.41) is 0. The van der Waals surface area contributed by atoms with Crippen LogP contribution in [0.1, 0.15) is 24.0 Å². The highest BCUT2D eigenvalue weighted by Crippen LogP contribution is 2.44. The van der Waals surface area contributed by atoms with Gasteiger partial charge < -0.3 is 4.90 Å². The summed E-state index contributed by atoms with van der Waals surface area (Å²) in [5.41, 5.74) is 0.464. The molecule has 2 aromatic rings. The molecule has 1 atom stereocenters. The Hall–Kier alpha value is -2.22. The molecular weight excluding hydrogens is 377 g/mol. The van der Waals surface area contributed by atoms with Crippen LogP contribution in [0.3, 0.4) is 0 Å². The molecule has 2 aliphatic heterocycles. The largest absolute Gasteiger partial charge is 0.416 e. The van der Waals surface area contributed by atoms with Crippen LogP contribution in [0.25, 0.3) is 0 Å². The Morgan fingerprint density at radius 2 is 1.78 bits per heavy atom. The van der Waals surface area contributed by atoms with Crippen LogP contribution in [0.2, 0.25) is 0 Å². The topological polar surface area (TPSA) is 40.6 Å². The van der Waals surface area contributed by atoms with Crippen molar-refractivity contribution in [2.75, 3.05) is 22.3 Å². The Morgan fingerprint density at radius 1 is 1.04 bits per heavy atom. The average molecular weight is 396 g/mol. The highest BCUT2D eigenvalue weighted by atomic mass is 32.2. The predicted octanol–water partition coefficient (Wildman–Crippen LogP) is 4.02. The third-order valence-electron chi connectivity index (χ3n) is 5.16. The van der Waals surface area contributed by atoms with Crippen LogP contribution in [-0.2, 0) is 22.0 Å². The minimum absolute atomic E-state index is 0.000199. The molecule has 2 aromatic carbocycles.